The predicted molar refractivity (Wildman–Crippen MR) is 95.7 cm³/mol. The highest BCUT2D eigenvalue weighted by atomic mass is 32.2. The molecule has 0 aromatic heterocycles. The highest BCUT2D eigenvalue weighted by Gasteiger charge is 2.24. The molecule has 2 atom stereocenters. The van der Waals surface area contributed by atoms with Crippen LogP contribution in [0.4, 0.5) is 4.79 Å². The van der Waals surface area contributed by atoms with E-state index in [4.69, 9.17) is 0 Å². The van der Waals surface area contributed by atoms with E-state index in [1.807, 2.05) is 12.1 Å². The van der Waals surface area contributed by atoms with Crippen molar-refractivity contribution in [2.24, 2.45) is 5.92 Å². The average Bonchev–Trinajstić information content (AvgIpc) is 2.51. The fourth-order valence-electron chi connectivity index (χ4n) is 3.03. The fraction of sp³-hybridized carbons (Fsp3) is 0.611. The van der Waals surface area contributed by atoms with Crippen molar-refractivity contribution in [1.29, 1.82) is 0 Å². The minimum atomic E-state index is -0.137. The van der Waals surface area contributed by atoms with Crippen LogP contribution in [0.2, 0.25) is 0 Å². The maximum Gasteiger partial charge on any atom is 0.285 e. The molecule has 0 radical (unpaired) electrons. The van der Waals surface area contributed by atoms with Crippen LogP contribution in [-0.2, 0) is 6.54 Å². The second kappa shape index (κ2) is 8.71. The Bertz CT molecular complexity index is 504. The van der Waals surface area contributed by atoms with Gasteiger partial charge in [0.25, 0.3) is 5.24 Å². The number of benzene rings is 1. The van der Waals surface area contributed by atoms with E-state index < -0.39 is 0 Å². The molecule has 0 saturated heterocycles. The van der Waals surface area contributed by atoms with E-state index in [2.05, 4.69) is 24.1 Å². The van der Waals surface area contributed by atoms with Crippen LogP contribution in [0.15, 0.2) is 29.2 Å². The summed E-state index contributed by atoms with van der Waals surface area (Å²) < 4.78 is 0. The molecule has 0 heterocycles. The predicted octanol–water partition coefficient (Wildman–Crippen LogP) is 3.44. The van der Waals surface area contributed by atoms with E-state index in [0.717, 1.165) is 37.2 Å². The molecule has 128 valence electrons. The standard InChI is InChI=1S/C18H28N2O2S/c1-19(2)18(22)23-16-10-8-14(9-11-16)12-20(3)13-15-6-4-5-7-17(15)21/h8-11,15,17,21H,4-7,12-13H2,1-3H3. The van der Waals surface area contributed by atoms with Gasteiger partial charge >= 0.3 is 0 Å². The summed E-state index contributed by atoms with van der Waals surface area (Å²) in [6.07, 6.45) is 4.34. The van der Waals surface area contributed by atoms with Gasteiger partial charge in [0, 0.05) is 32.1 Å². The molecular formula is C18H28N2O2S. The second-order valence-electron chi connectivity index (χ2n) is 6.71. The van der Waals surface area contributed by atoms with E-state index in [0.29, 0.717) is 5.92 Å². The molecule has 2 unspecified atom stereocenters. The molecule has 1 aromatic carbocycles. The van der Waals surface area contributed by atoms with Crippen molar-refractivity contribution in [3.63, 3.8) is 0 Å². The third-order valence-electron chi connectivity index (χ3n) is 4.36. The van der Waals surface area contributed by atoms with E-state index >= 15 is 0 Å². The minimum absolute atomic E-state index is 0.0427. The molecule has 1 N–H and O–H groups in total. The van der Waals surface area contributed by atoms with Crippen LogP contribution >= 0.6 is 11.8 Å². The molecule has 0 spiro atoms. The minimum Gasteiger partial charge on any atom is -0.393 e. The van der Waals surface area contributed by atoms with Gasteiger partial charge in [0.05, 0.1) is 6.10 Å². The van der Waals surface area contributed by atoms with Gasteiger partial charge in [-0.15, -0.1) is 0 Å². The monoisotopic (exact) mass is 336 g/mol. The number of rotatable bonds is 5. The van der Waals surface area contributed by atoms with Gasteiger partial charge < -0.3 is 14.9 Å². The van der Waals surface area contributed by atoms with Gasteiger partial charge in [0.2, 0.25) is 0 Å². The van der Waals surface area contributed by atoms with Gasteiger partial charge in [-0.05, 0) is 55.3 Å². The molecule has 2 rings (SSSR count). The topological polar surface area (TPSA) is 43.8 Å². The summed E-state index contributed by atoms with van der Waals surface area (Å²) in [4.78, 5) is 16.5. The molecule has 1 aromatic rings. The number of carbonyl (C=O) groups is 1. The van der Waals surface area contributed by atoms with Crippen LogP contribution < -0.4 is 0 Å². The van der Waals surface area contributed by atoms with E-state index in [1.54, 1.807) is 19.0 Å². The van der Waals surface area contributed by atoms with Crippen LogP contribution in [0.3, 0.4) is 0 Å². The van der Waals surface area contributed by atoms with Crippen molar-refractivity contribution in [1.82, 2.24) is 9.80 Å². The zero-order valence-corrected chi connectivity index (χ0v) is 15.2. The summed E-state index contributed by atoms with van der Waals surface area (Å²) in [6, 6.07) is 8.17. The molecule has 1 aliphatic carbocycles. The number of hydrogen-bond acceptors (Lipinski definition) is 4. The van der Waals surface area contributed by atoms with Crippen LogP contribution in [0, 0.1) is 5.92 Å². The summed E-state index contributed by atoms with van der Waals surface area (Å²) in [5.74, 6) is 0.404. The van der Waals surface area contributed by atoms with Gasteiger partial charge in [-0.3, -0.25) is 4.79 Å². The van der Waals surface area contributed by atoms with Gasteiger partial charge in [0.1, 0.15) is 0 Å². The molecule has 0 aliphatic heterocycles. The first-order valence-electron chi connectivity index (χ1n) is 8.30. The van der Waals surface area contributed by atoms with E-state index in [9.17, 15) is 9.90 Å². The Kier molecular flexibility index (Phi) is 6.93. The lowest BCUT2D eigenvalue weighted by Crippen LogP contribution is -2.34. The lowest BCUT2D eigenvalue weighted by Gasteiger charge is -2.31. The molecule has 1 aliphatic rings. The molecule has 1 fully saturated rings. The maximum atomic E-state index is 11.7. The van der Waals surface area contributed by atoms with Crippen molar-refractivity contribution in [3.8, 4) is 0 Å². The number of hydrogen-bond donors (Lipinski definition) is 1. The van der Waals surface area contributed by atoms with Crippen LogP contribution in [-0.4, -0.2) is 53.9 Å². The molecule has 23 heavy (non-hydrogen) atoms. The van der Waals surface area contributed by atoms with Crippen molar-refractivity contribution in [3.05, 3.63) is 29.8 Å². The molecule has 1 amide bonds. The Balaban J connectivity index is 1.84. The largest absolute Gasteiger partial charge is 0.393 e. The maximum absolute atomic E-state index is 11.7. The van der Waals surface area contributed by atoms with Crippen LogP contribution in [0.25, 0.3) is 0 Å². The fourth-order valence-corrected chi connectivity index (χ4v) is 3.69. The molecular weight excluding hydrogens is 308 g/mol. The zero-order chi connectivity index (χ0) is 16.8. The van der Waals surface area contributed by atoms with Gasteiger partial charge in [0.15, 0.2) is 0 Å². The summed E-state index contributed by atoms with van der Waals surface area (Å²) in [7, 11) is 5.64. The van der Waals surface area contributed by atoms with Crippen molar-refractivity contribution < 1.29 is 9.90 Å². The molecule has 0 bridgehead atoms. The highest BCUT2D eigenvalue weighted by Crippen LogP contribution is 2.25. The third-order valence-corrected chi connectivity index (χ3v) is 5.41. The Morgan fingerprint density at radius 2 is 1.83 bits per heavy atom. The van der Waals surface area contributed by atoms with Crippen LogP contribution in [0.1, 0.15) is 31.2 Å². The first-order valence-corrected chi connectivity index (χ1v) is 9.12. The summed E-state index contributed by atoms with van der Waals surface area (Å²) in [5, 5.41) is 10.1. The first-order chi connectivity index (χ1) is 11.0. The summed E-state index contributed by atoms with van der Waals surface area (Å²) >= 11 is 1.25. The van der Waals surface area contributed by atoms with Crippen molar-refractivity contribution >= 4 is 17.0 Å². The van der Waals surface area contributed by atoms with Gasteiger partial charge in [-0.1, -0.05) is 25.0 Å². The zero-order valence-electron chi connectivity index (χ0n) is 14.4. The number of aliphatic hydroxyl groups is 1. The number of nitrogens with zero attached hydrogens (tertiary/aromatic N) is 2. The SMILES string of the molecule is CN(Cc1ccc(SC(=O)N(C)C)cc1)CC1CCCCC1O. The normalized spacial score (nSPS) is 21.4. The first kappa shape index (κ1) is 18.3. The Morgan fingerprint density at radius 1 is 1.17 bits per heavy atom. The van der Waals surface area contributed by atoms with Crippen LogP contribution in [0.5, 0.6) is 0 Å². The van der Waals surface area contributed by atoms with Gasteiger partial charge in [-0.25, -0.2) is 0 Å². The number of carbonyl (C=O) groups excluding carboxylic acids is 1. The molecule has 1 saturated carbocycles. The lowest BCUT2D eigenvalue weighted by molar-refractivity contribution is 0.0502. The molecule has 4 nitrogen and oxygen atoms in total. The average molecular weight is 337 g/mol. The summed E-state index contributed by atoms with van der Waals surface area (Å²) in [5.41, 5.74) is 1.24. The number of aliphatic hydroxyl groups excluding tert-OH is 1. The Morgan fingerprint density at radius 3 is 2.43 bits per heavy atom. The number of amides is 1. The smallest absolute Gasteiger partial charge is 0.285 e. The second-order valence-corrected chi connectivity index (χ2v) is 7.74. The van der Waals surface area contributed by atoms with Crippen molar-refractivity contribution in [2.75, 3.05) is 27.7 Å². The number of thioether (sulfide) groups is 1. The van der Waals surface area contributed by atoms with E-state index in [1.165, 1.54) is 23.7 Å². The van der Waals surface area contributed by atoms with Crippen molar-refractivity contribution in [2.45, 2.75) is 43.2 Å². The summed E-state index contributed by atoms with van der Waals surface area (Å²) in [6.45, 7) is 1.81. The lowest BCUT2D eigenvalue weighted by atomic mass is 9.86. The Labute approximate surface area is 143 Å². The van der Waals surface area contributed by atoms with E-state index in [-0.39, 0.29) is 11.3 Å². The van der Waals surface area contributed by atoms with Gasteiger partial charge in [-0.2, -0.15) is 0 Å². The highest BCUT2D eigenvalue weighted by molar-refractivity contribution is 8.13. The quantitative estimate of drug-likeness (QED) is 0.837. The third kappa shape index (κ3) is 5.83. The Hall–Kier alpha value is -1.04. The molecule has 5 heteroatoms.